The number of thiol groups is 1. The molecule has 0 aromatic rings. The molecule has 1 heterocycles. The van der Waals surface area contributed by atoms with Crippen LogP contribution in [0.3, 0.4) is 0 Å². The van der Waals surface area contributed by atoms with Crippen LogP contribution >= 0.6 is 12.6 Å². The molecule has 1 amide bonds. The van der Waals surface area contributed by atoms with Crippen LogP contribution in [0.25, 0.3) is 0 Å². The Kier molecular flexibility index (Phi) is 2.60. The summed E-state index contributed by atoms with van der Waals surface area (Å²) in [6.45, 7) is 4.01. The van der Waals surface area contributed by atoms with Gasteiger partial charge >= 0.3 is 0 Å². The van der Waals surface area contributed by atoms with Crippen molar-refractivity contribution in [2.45, 2.75) is 19.8 Å². The Morgan fingerprint density at radius 1 is 1.50 bits per heavy atom. The van der Waals surface area contributed by atoms with Gasteiger partial charge in [0.25, 0.3) is 5.24 Å². The Bertz CT molecular complexity index is 130. The van der Waals surface area contributed by atoms with Gasteiger partial charge in [-0.25, -0.2) is 0 Å². The predicted octanol–water partition coefficient (Wildman–Crippen LogP) is 1.77. The van der Waals surface area contributed by atoms with E-state index in [1.807, 2.05) is 0 Å². The van der Waals surface area contributed by atoms with Gasteiger partial charge in [0.1, 0.15) is 0 Å². The molecule has 0 aromatic heterocycles. The van der Waals surface area contributed by atoms with Crippen molar-refractivity contribution in [2.75, 3.05) is 13.1 Å². The molecule has 3 heteroatoms. The summed E-state index contributed by atoms with van der Waals surface area (Å²) < 4.78 is 0. The molecule has 58 valence electrons. The second-order valence-corrected chi connectivity index (χ2v) is 3.33. The molecule has 1 rings (SSSR count). The molecule has 0 aromatic carbocycles. The molecule has 0 unspecified atom stereocenters. The quantitative estimate of drug-likeness (QED) is 0.534. The highest BCUT2D eigenvalue weighted by Gasteiger charge is 2.17. The summed E-state index contributed by atoms with van der Waals surface area (Å²) in [4.78, 5) is 12.5. The van der Waals surface area contributed by atoms with Crippen LogP contribution in [0.1, 0.15) is 19.8 Å². The van der Waals surface area contributed by atoms with Crippen LogP contribution in [-0.2, 0) is 0 Å². The summed E-state index contributed by atoms with van der Waals surface area (Å²) in [7, 11) is 0. The molecule has 0 aliphatic carbocycles. The van der Waals surface area contributed by atoms with Gasteiger partial charge in [0, 0.05) is 13.1 Å². The fourth-order valence-corrected chi connectivity index (χ4v) is 1.40. The summed E-state index contributed by atoms with van der Waals surface area (Å²) >= 11 is 3.76. The first kappa shape index (κ1) is 7.92. The van der Waals surface area contributed by atoms with Crippen molar-refractivity contribution in [3.8, 4) is 0 Å². The number of hydrogen-bond donors (Lipinski definition) is 1. The first-order chi connectivity index (χ1) is 4.70. The molecule has 0 atom stereocenters. The molecule has 10 heavy (non-hydrogen) atoms. The molecular weight excluding hydrogens is 146 g/mol. The molecule has 0 spiro atoms. The fraction of sp³-hybridized carbons (Fsp3) is 0.857. The van der Waals surface area contributed by atoms with E-state index in [-0.39, 0.29) is 5.24 Å². The van der Waals surface area contributed by atoms with Gasteiger partial charge < -0.3 is 4.90 Å². The third kappa shape index (κ3) is 1.90. The van der Waals surface area contributed by atoms with Crippen molar-refractivity contribution in [3.63, 3.8) is 0 Å². The number of carbonyl (C=O) groups is 1. The molecule has 1 aliphatic heterocycles. The van der Waals surface area contributed by atoms with E-state index in [0.717, 1.165) is 31.8 Å². The monoisotopic (exact) mass is 159 g/mol. The highest BCUT2D eigenvalue weighted by atomic mass is 32.1. The van der Waals surface area contributed by atoms with Gasteiger partial charge in [-0.05, 0) is 18.8 Å². The van der Waals surface area contributed by atoms with Crippen molar-refractivity contribution < 1.29 is 4.79 Å². The lowest BCUT2D eigenvalue weighted by atomic mass is 10.00. The second-order valence-electron chi connectivity index (χ2n) is 2.95. The van der Waals surface area contributed by atoms with Crippen LogP contribution < -0.4 is 0 Å². The van der Waals surface area contributed by atoms with Crippen LogP contribution in [0.2, 0.25) is 0 Å². The Morgan fingerprint density at radius 2 is 2.00 bits per heavy atom. The molecule has 0 N–H and O–H groups in total. The van der Waals surface area contributed by atoms with E-state index in [4.69, 9.17) is 0 Å². The summed E-state index contributed by atoms with van der Waals surface area (Å²) in [5.74, 6) is 0.781. The van der Waals surface area contributed by atoms with E-state index in [1.165, 1.54) is 0 Å². The minimum atomic E-state index is -0.0769. The molecule has 0 saturated carbocycles. The number of piperidine rings is 1. The van der Waals surface area contributed by atoms with Crippen LogP contribution in [0.15, 0.2) is 0 Å². The second kappa shape index (κ2) is 3.28. The average Bonchev–Trinajstić information content (AvgIpc) is 1.88. The number of amides is 1. The first-order valence-corrected chi connectivity index (χ1v) is 4.12. The highest BCUT2D eigenvalue weighted by Crippen LogP contribution is 2.16. The SMILES string of the molecule is CC1CCN(C(=O)S)CC1. The van der Waals surface area contributed by atoms with E-state index >= 15 is 0 Å². The zero-order valence-electron chi connectivity index (χ0n) is 6.21. The summed E-state index contributed by atoms with van der Waals surface area (Å²) in [5.41, 5.74) is 0. The van der Waals surface area contributed by atoms with Gasteiger partial charge in [-0.15, -0.1) is 0 Å². The van der Waals surface area contributed by atoms with E-state index in [9.17, 15) is 4.79 Å². The van der Waals surface area contributed by atoms with Crippen LogP contribution in [0, 0.1) is 5.92 Å². The standard InChI is InChI=1S/C7H13NOS/c1-6-2-4-8(5-3-6)7(9)10/h6H,2-5H2,1H3,(H,9,10). The Hall–Kier alpha value is -0.180. The third-order valence-corrected chi connectivity index (χ3v) is 2.34. The Labute approximate surface area is 67.0 Å². The van der Waals surface area contributed by atoms with Gasteiger partial charge in [0.2, 0.25) is 0 Å². The van der Waals surface area contributed by atoms with Gasteiger partial charge in [-0.1, -0.05) is 19.6 Å². The molecule has 2 nitrogen and oxygen atoms in total. The van der Waals surface area contributed by atoms with Crippen molar-refractivity contribution in [1.82, 2.24) is 4.90 Å². The van der Waals surface area contributed by atoms with Crippen molar-refractivity contribution in [3.05, 3.63) is 0 Å². The normalized spacial score (nSPS) is 21.2. The van der Waals surface area contributed by atoms with Crippen molar-refractivity contribution >= 4 is 17.9 Å². The smallest absolute Gasteiger partial charge is 0.278 e. The maximum absolute atomic E-state index is 10.7. The first-order valence-electron chi connectivity index (χ1n) is 3.68. The summed E-state index contributed by atoms with van der Waals surface area (Å²) in [6, 6.07) is 0. The third-order valence-electron chi connectivity index (χ3n) is 2.05. The van der Waals surface area contributed by atoms with E-state index in [2.05, 4.69) is 19.6 Å². The molecule has 1 aliphatic rings. The maximum atomic E-state index is 10.7. The number of carbonyl (C=O) groups excluding carboxylic acids is 1. The number of likely N-dealkylation sites (tertiary alicyclic amines) is 1. The number of nitrogens with zero attached hydrogens (tertiary/aromatic N) is 1. The predicted molar refractivity (Wildman–Crippen MR) is 44.4 cm³/mol. The molecule has 0 radical (unpaired) electrons. The zero-order valence-corrected chi connectivity index (χ0v) is 7.10. The van der Waals surface area contributed by atoms with Gasteiger partial charge in [0.05, 0.1) is 0 Å². The fourth-order valence-electron chi connectivity index (χ4n) is 1.20. The van der Waals surface area contributed by atoms with Crippen LogP contribution in [0.4, 0.5) is 4.79 Å². The molecule has 1 saturated heterocycles. The van der Waals surface area contributed by atoms with Gasteiger partial charge in [-0.2, -0.15) is 0 Å². The van der Waals surface area contributed by atoms with Crippen LogP contribution in [0.5, 0.6) is 0 Å². The molecule has 0 bridgehead atoms. The molecular formula is C7H13NOS. The Balaban J connectivity index is 2.33. The number of hydrogen-bond acceptors (Lipinski definition) is 1. The van der Waals surface area contributed by atoms with Crippen molar-refractivity contribution in [2.24, 2.45) is 5.92 Å². The lowest BCUT2D eigenvalue weighted by Gasteiger charge is -2.28. The summed E-state index contributed by atoms with van der Waals surface area (Å²) in [5, 5.41) is -0.0769. The minimum absolute atomic E-state index is 0.0769. The maximum Gasteiger partial charge on any atom is 0.278 e. The topological polar surface area (TPSA) is 20.3 Å². The van der Waals surface area contributed by atoms with E-state index < -0.39 is 0 Å². The zero-order chi connectivity index (χ0) is 7.56. The van der Waals surface area contributed by atoms with Gasteiger partial charge in [0.15, 0.2) is 0 Å². The lowest BCUT2D eigenvalue weighted by Crippen LogP contribution is -2.34. The summed E-state index contributed by atoms with van der Waals surface area (Å²) in [6.07, 6.45) is 2.26. The number of rotatable bonds is 0. The largest absolute Gasteiger partial charge is 0.334 e. The Morgan fingerprint density at radius 3 is 2.40 bits per heavy atom. The van der Waals surface area contributed by atoms with Crippen molar-refractivity contribution in [1.29, 1.82) is 0 Å². The molecule has 1 fully saturated rings. The van der Waals surface area contributed by atoms with Gasteiger partial charge in [-0.3, -0.25) is 4.79 Å². The minimum Gasteiger partial charge on any atom is -0.334 e. The average molecular weight is 159 g/mol. The van der Waals surface area contributed by atoms with E-state index in [0.29, 0.717) is 0 Å². The van der Waals surface area contributed by atoms with E-state index in [1.54, 1.807) is 4.90 Å². The van der Waals surface area contributed by atoms with Crippen LogP contribution in [-0.4, -0.2) is 23.2 Å². The lowest BCUT2D eigenvalue weighted by molar-refractivity contribution is 0.197. The highest BCUT2D eigenvalue weighted by molar-refractivity contribution is 7.96.